The van der Waals surface area contributed by atoms with Gasteiger partial charge in [0.2, 0.25) is 11.2 Å². The van der Waals surface area contributed by atoms with Gasteiger partial charge < -0.3 is 24.8 Å². The number of fused-ring (bicyclic) bond motifs is 1. The van der Waals surface area contributed by atoms with Crippen LogP contribution in [0.4, 0.5) is 0 Å². The summed E-state index contributed by atoms with van der Waals surface area (Å²) in [6, 6.07) is 7.64. The standard InChI is InChI=1S/C15H10O6.4H2/c16-8-2-3-9-12(6-8)21-15(14(20)13(9)19)7-1-4-10(17)11(18)5-7;;;;/h1-6,16-18,20H;4*1H. The molecule has 1 heterocycles. The summed E-state index contributed by atoms with van der Waals surface area (Å²) in [7, 11) is 0. The van der Waals surface area contributed by atoms with E-state index in [1.54, 1.807) is 0 Å². The van der Waals surface area contributed by atoms with Crippen LogP contribution in [0.1, 0.15) is 5.71 Å². The molecule has 0 fully saturated rings. The molecule has 0 atom stereocenters. The fourth-order valence-corrected chi connectivity index (χ4v) is 2.03. The van der Waals surface area contributed by atoms with E-state index in [0.29, 0.717) is 0 Å². The predicted molar refractivity (Wildman–Crippen MR) is 83.0 cm³/mol. The van der Waals surface area contributed by atoms with Gasteiger partial charge in [-0.25, -0.2) is 0 Å². The molecule has 0 unspecified atom stereocenters. The number of hydrogen-bond donors (Lipinski definition) is 4. The molecule has 0 saturated carbocycles. The summed E-state index contributed by atoms with van der Waals surface area (Å²) in [6.45, 7) is 0. The Kier molecular flexibility index (Phi) is 2.72. The Morgan fingerprint density at radius 1 is 0.905 bits per heavy atom. The first kappa shape index (κ1) is 12.9. The number of phenolic OH excluding ortho intramolecular Hbond substituents is 3. The van der Waals surface area contributed by atoms with Crippen molar-refractivity contribution in [3.05, 3.63) is 46.6 Å². The highest BCUT2D eigenvalue weighted by atomic mass is 16.4. The number of aromatic hydroxyl groups is 4. The predicted octanol–water partition coefficient (Wildman–Crippen LogP) is 3.27. The molecule has 0 bridgehead atoms. The van der Waals surface area contributed by atoms with Gasteiger partial charge in [-0.3, -0.25) is 4.79 Å². The Balaban J connectivity index is 0. The molecule has 21 heavy (non-hydrogen) atoms. The SMILES string of the molecule is O=c1c(O)c(-c2ccc(O)c(O)c2)oc2cc(O)ccc12.[HH].[HH].[HH].[HH]. The smallest absolute Gasteiger partial charge is 0.235 e. The first-order valence-electron chi connectivity index (χ1n) is 5.98. The van der Waals surface area contributed by atoms with Crippen LogP contribution in [0.15, 0.2) is 45.6 Å². The van der Waals surface area contributed by atoms with Gasteiger partial charge in [-0.2, -0.15) is 0 Å². The molecule has 6 nitrogen and oxygen atoms in total. The lowest BCUT2D eigenvalue weighted by Gasteiger charge is -2.07. The zero-order chi connectivity index (χ0) is 15.1. The van der Waals surface area contributed by atoms with Crippen molar-refractivity contribution in [2.75, 3.05) is 0 Å². The first-order valence-corrected chi connectivity index (χ1v) is 5.98. The summed E-state index contributed by atoms with van der Waals surface area (Å²) in [5.74, 6) is -1.60. The zero-order valence-electron chi connectivity index (χ0n) is 10.6. The van der Waals surface area contributed by atoms with E-state index in [9.17, 15) is 25.2 Å². The normalized spacial score (nSPS) is 10.9. The highest BCUT2D eigenvalue weighted by molar-refractivity contribution is 5.83. The van der Waals surface area contributed by atoms with Crippen molar-refractivity contribution in [1.29, 1.82) is 0 Å². The van der Waals surface area contributed by atoms with Gasteiger partial charge in [0, 0.05) is 17.3 Å². The molecular formula is C15H18O6. The summed E-state index contributed by atoms with van der Waals surface area (Å²) in [5.41, 5.74) is -0.343. The minimum atomic E-state index is -0.654. The maximum atomic E-state index is 12.1. The Morgan fingerprint density at radius 2 is 1.67 bits per heavy atom. The second-order valence-electron chi connectivity index (χ2n) is 4.49. The van der Waals surface area contributed by atoms with Gasteiger partial charge >= 0.3 is 0 Å². The summed E-state index contributed by atoms with van der Waals surface area (Å²) in [5, 5.41) is 38.3. The molecule has 0 aliphatic rings. The third-order valence-electron chi connectivity index (χ3n) is 3.09. The summed E-state index contributed by atoms with van der Waals surface area (Å²) >= 11 is 0. The van der Waals surface area contributed by atoms with Crippen molar-refractivity contribution in [3.8, 4) is 34.3 Å². The van der Waals surface area contributed by atoms with Crippen LogP contribution < -0.4 is 5.43 Å². The van der Waals surface area contributed by atoms with Crippen LogP contribution in [0.5, 0.6) is 23.0 Å². The molecule has 2 aromatic carbocycles. The second-order valence-corrected chi connectivity index (χ2v) is 4.49. The summed E-state index contributed by atoms with van der Waals surface area (Å²) in [6.07, 6.45) is 0. The van der Waals surface area contributed by atoms with Gasteiger partial charge in [0.25, 0.3) is 0 Å². The maximum Gasteiger partial charge on any atom is 0.235 e. The van der Waals surface area contributed by atoms with Gasteiger partial charge in [-0.1, -0.05) is 0 Å². The van der Waals surface area contributed by atoms with Crippen LogP contribution in [0.2, 0.25) is 0 Å². The molecule has 0 aliphatic heterocycles. The maximum absolute atomic E-state index is 12.1. The van der Waals surface area contributed by atoms with Gasteiger partial charge in [0.1, 0.15) is 11.3 Å². The molecular weight excluding hydrogens is 276 g/mol. The molecule has 0 radical (unpaired) electrons. The van der Waals surface area contributed by atoms with Crippen molar-refractivity contribution in [1.82, 2.24) is 0 Å². The van der Waals surface area contributed by atoms with E-state index < -0.39 is 16.9 Å². The minimum absolute atomic E-state index is 0. The van der Waals surface area contributed by atoms with E-state index in [1.165, 1.54) is 30.3 Å². The Hall–Kier alpha value is -3.15. The van der Waals surface area contributed by atoms with Crippen molar-refractivity contribution in [2.24, 2.45) is 0 Å². The number of rotatable bonds is 1. The minimum Gasteiger partial charge on any atom is -0.508 e. The fraction of sp³-hybridized carbons (Fsp3) is 0. The molecule has 4 N–H and O–H groups in total. The lowest BCUT2D eigenvalue weighted by Crippen LogP contribution is -2.02. The molecule has 1 aromatic heterocycles. The molecule has 6 heteroatoms. The molecule has 3 rings (SSSR count). The van der Waals surface area contributed by atoms with E-state index in [1.807, 2.05) is 0 Å². The molecule has 114 valence electrons. The van der Waals surface area contributed by atoms with Gasteiger partial charge in [0.15, 0.2) is 17.3 Å². The topological polar surface area (TPSA) is 111 Å². The monoisotopic (exact) mass is 294 g/mol. The van der Waals surface area contributed by atoms with Crippen molar-refractivity contribution in [3.63, 3.8) is 0 Å². The van der Waals surface area contributed by atoms with Crippen LogP contribution in [0.25, 0.3) is 22.3 Å². The van der Waals surface area contributed by atoms with Crippen molar-refractivity contribution >= 4 is 11.0 Å². The van der Waals surface area contributed by atoms with E-state index in [-0.39, 0.29) is 39.5 Å². The molecule has 0 spiro atoms. The number of benzene rings is 2. The van der Waals surface area contributed by atoms with Gasteiger partial charge in [-0.05, 0) is 30.3 Å². The third-order valence-corrected chi connectivity index (χ3v) is 3.09. The average molecular weight is 294 g/mol. The number of hydrogen-bond acceptors (Lipinski definition) is 6. The van der Waals surface area contributed by atoms with Crippen LogP contribution in [0, 0.1) is 0 Å². The molecule has 0 aliphatic carbocycles. The van der Waals surface area contributed by atoms with E-state index in [2.05, 4.69) is 0 Å². The number of phenols is 3. The molecule has 0 saturated heterocycles. The first-order chi connectivity index (χ1) is 9.97. The fourth-order valence-electron chi connectivity index (χ4n) is 2.03. The van der Waals surface area contributed by atoms with Crippen LogP contribution in [0.3, 0.4) is 0 Å². The van der Waals surface area contributed by atoms with E-state index in [0.717, 1.165) is 6.07 Å². The van der Waals surface area contributed by atoms with Crippen molar-refractivity contribution < 1.29 is 30.5 Å². The quantitative estimate of drug-likeness (QED) is 0.513. The van der Waals surface area contributed by atoms with Gasteiger partial charge in [-0.15, -0.1) is 0 Å². The average Bonchev–Trinajstić information content (AvgIpc) is 2.45. The van der Waals surface area contributed by atoms with Crippen LogP contribution in [-0.4, -0.2) is 20.4 Å². The zero-order valence-corrected chi connectivity index (χ0v) is 10.6. The summed E-state index contributed by atoms with van der Waals surface area (Å²) in [4.78, 5) is 12.1. The lowest BCUT2D eigenvalue weighted by atomic mass is 10.1. The lowest BCUT2D eigenvalue weighted by molar-refractivity contribution is 0.403. The van der Waals surface area contributed by atoms with Crippen molar-refractivity contribution in [2.45, 2.75) is 0 Å². The highest BCUT2D eigenvalue weighted by Crippen LogP contribution is 2.35. The highest BCUT2D eigenvalue weighted by Gasteiger charge is 2.16. The van der Waals surface area contributed by atoms with E-state index in [4.69, 9.17) is 4.42 Å². The Labute approximate surface area is 123 Å². The van der Waals surface area contributed by atoms with Crippen LogP contribution >= 0.6 is 0 Å². The summed E-state index contributed by atoms with van der Waals surface area (Å²) < 4.78 is 5.43. The molecule has 3 aromatic rings. The largest absolute Gasteiger partial charge is 0.508 e. The van der Waals surface area contributed by atoms with Gasteiger partial charge in [0.05, 0.1) is 5.39 Å². The Morgan fingerprint density at radius 3 is 2.38 bits per heavy atom. The second kappa shape index (κ2) is 4.45. The third kappa shape index (κ3) is 2.02. The van der Waals surface area contributed by atoms with Crippen LogP contribution in [-0.2, 0) is 0 Å². The Bertz CT molecular complexity index is 926. The van der Waals surface area contributed by atoms with E-state index >= 15 is 0 Å². The molecule has 0 amide bonds.